The fraction of sp³-hybridized carbons (Fsp3) is 0.192. The van der Waals surface area contributed by atoms with Crippen LogP contribution < -0.4 is 0 Å². The first-order valence-electron chi connectivity index (χ1n) is 10.7. The number of aromatic nitrogens is 4. The highest BCUT2D eigenvalue weighted by Crippen LogP contribution is 2.27. The normalized spacial score (nSPS) is 10.7. The molecule has 0 unspecified atom stereocenters. The minimum atomic E-state index is -0.320. The van der Waals surface area contributed by atoms with Crippen molar-refractivity contribution in [3.8, 4) is 34.3 Å². The first kappa shape index (κ1) is 22.8. The van der Waals surface area contributed by atoms with E-state index in [0.29, 0.717) is 28.9 Å². The monoisotopic (exact) mass is 455 g/mol. The van der Waals surface area contributed by atoms with Crippen molar-refractivity contribution in [1.29, 1.82) is 0 Å². The zero-order chi connectivity index (χ0) is 24.2. The smallest absolute Gasteiger partial charge is 0.302 e. The Morgan fingerprint density at radius 3 is 2.29 bits per heavy atom. The van der Waals surface area contributed by atoms with Crippen molar-refractivity contribution in [2.75, 3.05) is 14.1 Å². The van der Waals surface area contributed by atoms with Gasteiger partial charge in [-0.05, 0) is 30.2 Å². The van der Waals surface area contributed by atoms with E-state index in [1.807, 2.05) is 74.4 Å². The van der Waals surface area contributed by atoms with Gasteiger partial charge < -0.3 is 14.1 Å². The quantitative estimate of drug-likeness (QED) is 0.368. The van der Waals surface area contributed by atoms with Gasteiger partial charge in [0.25, 0.3) is 5.89 Å². The van der Waals surface area contributed by atoms with Crippen molar-refractivity contribution in [2.24, 2.45) is 0 Å². The predicted molar refractivity (Wildman–Crippen MR) is 129 cm³/mol. The standard InChI is InChI=1S/C26H25N5O3/c1-16-24(28-23(14-27-16)21-12-10-20(11-13-21)17(2)31(4)5)26-30-29-25(34-26)22-8-6-19(7-9-22)15-33-18(3)32/h6-14H,2,15H2,1,3-5H3. The van der Waals surface area contributed by atoms with Crippen LogP contribution >= 0.6 is 0 Å². The summed E-state index contributed by atoms with van der Waals surface area (Å²) < 4.78 is 10.9. The molecule has 0 bridgehead atoms. The summed E-state index contributed by atoms with van der Waals surface area (Å²) in [6.07, 6.45) is 1.73. The highest BCUT2D eigenvalue weighted by molar-refractivity contribution is 5.68. The summed E-state index contributed by atoms with van der Waals surface area (Å²) in [6.45, 7) is 7.54. The zero-order valence-electron chi connectivity index (χ0n) is 19.6. The summed E-state index contributed by atoms with van der Waals surface area (Å²) >= 11 is 0. The fourth-order valence-electron chi connectivity index (χ4n) is 3.25. The lowest BCUT2D eigenvalue weighted by Crippen LogP contribution is -2.08. The third kappa shape index (κ3) is 5.01. The second kappa shape index (κ2) is 9.66. The highest BCUT2D eigenvalue weighted by Gasteiger charge is 2.16. The Labute approximate surface area is 198 Å². The van der Waals surface area contributed by atoms with E-state index in [1.54, 1.807) is 6.20 Å². The van der Waals surface area contributed by atoms with E-state index >= 15 is 0 Å². The van der Waals surface area contributed by atoms with Crippen LogP contribution in [0.25, 0.3) is 40.0 Å². The van der Waals surface area contributed by atoms with Crippen LogP contribution in [-0.4, -0.2) is 45.1 Å². The van der Waals surface area contributed by atoms with Crippen LogP contribution in [0.1, 0.15) is 23.7 Å². The zero-order valence-corrected chi connectivity index (χ0v) is 19.6. The van der Waals surface area contributed by atoms with Gasteiger partial charge in [0.15, 0.2) is 0 Å². The third-order valence-electron chi connectivity index (χ3n) is 5.28. The number of ether oxygens (including phenoxy) is 1. The number of nitrogens with zero attached hydrogens (tertiary/aromatic N) is 5. The van der Waals surface area contributed by atoms with E-state index in [2.05, 4.69) is 21.8 Å². The van der Waals surface area contributed by atoms with Crippen molar-refractivity contribution in [3.63, 3.8) is 0 Å². The van der Waals surface area contributed by atoms with E-state index in [-0.39, 0.29) is 12.6 Å². The number of esters is 1. The minimum absolute atomic E-state index is 0.219. The first-order valence-corrected chi connectivity index (χ1v) is 10.7. The molecular formula is C26H25N5O3. The number of aryl methyl sites for hydroxylation is 1. The van der Waals surface area contributed by atoms with Crippen LogP contribution in [0, 0.1) is 6.92 Å². The topological polar surface area (TPSA) is 94.2 Å². The minimum Gasteiger partial charge on any atom is -0.461 e. The lowest BCUT2D eigenvalue weighted by atomic mass is 10.1. The molecule has 8 nitrogen and oxygen atoms in total. The maximum atomic E-state index is 11.0. The van der Waals surface area contributed by atoms with Crippen molar-refractivity contribution in [2.45, 2.75) is 20.5 Å². The molecule has 2 aromatic carbocycles. The van der Waals surface area contributed by atoms with Gasteiger partial charge in [-0.15, -0.1) is 10.2 Å². The molecule has 0 aliphatic carbocycles. The summed E-state index contributed by atoms with van der Waals surface area (Å²) in [5, 5.41) is 8.37. The van der Waals surface area contributed by atoms with Crippen LogP contribution in [-0.2, 0) is 16.1 Å². The van der Waals surface area contributed by atoms with Gasteiger partial charge >= 0.3 is 5.97 Å². The molecule has 0 aliphatic rings. The molecule has 0 fully saturated rings. The molecule has 172 valence electrons. The van der Waals surface area contributed by atoms with Gasteiger partial charge in [-0.3, -0.25) is 9.78 Å². The largest absolute Gasteiger partial charge is 0.461 e. The van der Waals surface area contributed by atoms with Crippen molar-refractivity contribution in [1.82, 2.24) is 25.1 Å². The molecular weight excluding hydrogens is 430 g/mol. The molecule has 2 heterocycles. The lowest BCUT2D eigenvalue weighted by Gasteiger charge is -2.16. The van der Waals surface area contributed by atoms with Gasteiger partial charge in [-0.25, -0.2) is 4.98 Å². The van der Waals surface area contributed by atoms with Crippen LogP contribution in [0.2, 0.25) is 0 Å². The van der Waals surface area contributed by atoms with E-state index < -0.39 is 0 Å². The highest BCUT2D eigenvalue weighted by atomic mass is 16.5. The Morgan fingerprint density at radius 2 is 1.65 bits per heavy atom. The molecule has 0 amide bonds. The van der Waals surface area contributed by atoms with Gasteiger partial charge in [0, 0.05) is 37.8 Å². The number of carbonyl (C=O) groups excluding carboxylic acids is 1. The number of hydrogen-bond acceptors (Lipinski definition) is 8. The molecule has 4 rings (SSSR count). The number of rotatable bonds is 7. The van der Waals surface area contributed by atoms with Gasteiger partial charge in [0.2, 0.25) is 5.89 Å². The van der Waals surface area contributed by atoms with Crippen molar-refractivity contribution < 1.29 is 13.9 Å². The molecule has 2 aromatic heterocycles. The van der Waals surface area contributed by atoms with E-state index in [9.17, 15) is 4.79 Å². The van der Waals surface area contributed by atoms with Crippen LogP contribution in [0.15, 0.2) is 65.7 Å². The molecule has 0 aliphatic heterocycles. The van der Waals surface area contributed by atoms with Crippen LogP contribution in [0.5, 0.6) is 0 Å². The van der Waals surface area contributed by atoms with E-state index in [1.165, 1.54) is 6.92 Å². The third-order valence-corrected chi connectivity index (χ3v) is 5.28. The maximum absolute atomic E-state index is 11.0. The second-order valence-electron chi connectivity index (χ2n) is 8.00. The SMILES string of the molecule is C=C(c1ccc(-c2cnc(C)c(-c3nnc(-c4ccc(COC(C)=O)cc4)o3)n2)cc1)N(C)C. The van der Waals surface area contributed by atoms with Crippen LogP contribution in [0.3, 0.4) is 0 Å². The molecule has 34 heavy (non-hydrogen) atoms. The molecule has 0 atom stereocenters. The molecule has 4 aromatic rings. The summed E-state index contributed by atoms with van der Waals surface area (Å²) in [4.78, 5) is 22.2. The molecule has 0 spiro atoms. The number of benzene rings is 2. The first-order chi connectivity index (χ1) is 16.3. The molecule has 8 heteroatoms. The van der Waals surface area contributed by atoms with Crippen LogP contribution in [0.4, 0.5) is 0 Å². The van der Waals surface area contributed by atoms with E-state index in [0.717, 1.165) is 28.0 Å². The predicted octanol–water partition coefficient (Wildman–Crippen LogP) is 4.76. The van der Waals surface area contributed by atoms with E-state index in [4.69, 9.17) is 14.1 Å². The Hall–Kier alpha value is -4.33. The van der Waals surface area contributed by atoms with Gasteiger partial charge in [0.05, 0.1) is 17.6 Å². The second-order valence-corrected chi connectivity index (χ2v) is 8.00. The Kier molecular flexibility index (Phi) is 6.49. The average molecular weight is 456 g/mol. The summed E-state index contributed by atoms with van der Waals surface area (Å²) in [6, 6.07) is 15.4. The Balaban J connectivity index is 1.57. The Bertz CT molecular complexity index is 1330. The van der Waals surface area contributed by atoms with Gasteiger partial charge in [-0.1, -0.05) is 43.0 Å². The average Bonchev–Trinajstić information content (AvgIpc) is 3.33. The summed E-state index contributed by atoms with van der Waals surface area (Å²) in [5.74, 6) is 0.343. The number of hydrogen-bond donors (Lipinski definition) is 0. The summed E-state index contributed by atoms with van der Waals surface area (Å²) in [5.41, 5.74) is 6.44. The Morgan fingerprint density at radius 1 is 1.00 bits per heavy atom. The van der Waals surface area contributed by atoms with Gasteiger partial charge in [0.1, 0.15) is 12.3 Å². The van der Waals surface area contributed by atoms with Crippen molar-refractivity contribution >= 4 is 11.7 Å². The van der Waals surface area contributed by atoms with Gasteiger partial charge in [-0.2, -0.15) is 0 Å². The molecule has 0 saturated heterocycles. The maximum Gasteiger partial charge on any atom is 0.302 e. The van der Waals surface area contributed by atoms with Crippen molar-refractivity contribution in [3.05, 3.63) is 78.1 Å². The molecule has 0 radical (unpaired) electrons. The molecule has 0 saturated carbocycles. The fourth-order valence-corrected chi connectivity index (χ4v) is 3.25. The molecule has 0 N–H and O–H groups in total. The lowest BCUT2D eigenvalue weighted by molar-refractivity contribution is -0.142. The number of carbonyl (C=O) groups is 1. The summed E-state index contributed by atoms with van der Waals surface area (Å²) in [7, 11) is 3.92.